The molecule has 2 aromatic rings. The Morgan fingerprint density at radius 2 is 2.00 bits per heavy atom. The van der Waals surface area contributed by atoms with Crippen molar-refractivity contribution in [2.45, 2.75) is 20.8 Å². The van der Waals surface area contributed by atoms with Crippen molar-refractivity contribution in [1.82, 2.24) is 0 Å². The second kappa shape index (κ2) is 7.84. The standard InChI is InChI=1S/C18H18ClNO4/c1-11-8-12(2)18(15(19)9-11)20-16(21)10-23-17(22)7-6-14-5-4-13(3)24-14/h4-9H,10H2,1-3H3,(H,20,21)/b7-6+. The maximum atomic E-state index is 11.9. The molecule has 1 aromatic carbocycles. The van der Waals surface area contributed by atoms with E-state index in [2.05, 4.69) is 5.32 Å². The number of carbonyl (C=O) groups excluding carboxylic acids is 2. The average Bonchev–Trinajstić information content (AvgIpc) is 2.92. The summed E-state index contributed by atoms with van der Waals surface area (Å²) in [6, 6.07) is 7.17. The van der Waals surface area contributed by atoms with Crippen molar-refractivity contribution in [3.8, 4) is 0 Å². The van der Waals surface area contributed by atoms with Gasteiger partial charge in [-0.2, -0.15) is 0 Å². The summed E-state index contributed by atoms with van der Waals surface area (Å²) in [7, 11) is 0. The first-order valence-corrected chi connectivity index (χ1v) is 7.71. The molecule has 1 N–H and O–H groups in total. The number of amides is 1. The van der Waals surface area contributed by atoms with Gasteiger partial charge in [0.25, 0.3) is 5.91 Å². The van der Waals surface area contributed by atoms with Crippen molar-refractivity contribution in [2.24, 2.45) is 0 Å². The first-order valence-electron chi connectivity index (χ1n) is 7.33. The molecule has 0 aliphatic carbocycles. The summed E-state index contributed by atoms with van der Waals surface area (Å²) >= 11 is 6.12. The van der Waals surface area contributed by atoms with E-state index >= 15 is 0 Å². The quantitative estimate of drug-likeness (QED) is 0.654. The summed E-state index contributed by atoms with van der Waals surface area (Å²) in [4.78, 5) is 23.5. The van der Waals surface area contributed by atoms with Crippen LogP contribution in [0, 0.1) is 20.8 Å². The van der Waals surface area contributed by atoms with Gasteiger partial charge in [0.2, 0.25) is 0 Å². The third-order valence-corrected chi connectivity index (χ3v) is 3.48. The molecule has 0 spiro atoms. The van der Waals surface area contributed by atoms with E-state index in [1.165, 1.54) is 12.2 Å². The van der Waals surface area contributed by atoms with E-state index in [0.29, 0.717) is 16.5 Å². The molecule has 1 heterocycles. The highest BCUT2D eigenvalue weighted by atomic mass is 35.5. The number of ether oxygens (including phenoxy) is 1. The third-order valence-electron chi connectivity index (χ3n) is 3.19. The third kappa shape index (κ3) is 4.99. The molecule has 0 saturated carbocycles. The Morgan fingerprint density at radius 1 is 1.25 bits per heavy atom. The SMILES string of the molecule is Cc1cc(C)c(NC(=O)COC(=O)/C=C/c2ccc(C)o2)c(Cl)c1. The van der Waals surface area contributed by atoms with Crippen LogP contribution in [0.1, 0.15) is 22.6 Å². The van der Waals surface area contributed by atoms with Gasteiger partial charge in [0.15, 0.2) is 6.61 Å². The number of esters is 1. The van der Waals surface area contributed by atoms with Crippen molar-refractivity contribution in [2.75, 3.05) is 11.9 Å². The zero-order chi connectivity index (χ0) is 17.7. The summed E-state index contributed by atoms with van der Waals surface area (Å²) in [5, 5.41) is 3.09. The number of halogens is 1. The molecule has 5 nitrogen and oxygen atoms in total. The van der Waals surface area contributed by atoms with Crippen molar-refractivity contribution in [3.63, 3.8) is 0 Å². The molecule has 1 amide bonds. The van der Waals surface area contributed by atoms with Crippen LogP contribution < -0.4 is 5.32 Å². The molecule has 6 heteroatoms. The molecular formula is C18H18ClNO4. The van der Waals surface area contributed by atoms with E-state index in [0.717, 1.165) is 16.9 Å². The molecule has 2 rings (SSSR count). The van der Waals surface area contributed by atoms with Crippen molar-refractivity contribution >= 4 is 35.2 Å². The number of anilines is 1. The maximum absolute atomic E-state index is 11.9. The highest BCUT2D eigenvalue weighted by Crippen LogP contribution is 2.27. The number of furan rings is 1. The minimum absolute atomic E-state index is 0.399. The monoisotopic (exact) mass is 347 g/mol. The lowest BCUT2D eigenvalue weighted by Crippen LogP contribution is -2.20. The van der Waals surface area contributed by atoms with Gasteiger partial charge in [-0.15, -0.1) is 0 Å². The lowest BCUT2D eigenvalue weighted by Gasteiger charge is -2.11. The lowest BCUT2D eigenvalue weighted by molar-refractivity contribution is -0.142. The highest BCUT2D eigenvalue weighted by molar-refractivity contribution is 6.34. The van der Waals surface area contributed by atoms with Crippen molar-refractivity contribution in [1.29, 1.82) is 0 Å². The second-order valence-corrected chi connectivity index (χ2v) is 5.78. The van der Waals surface area contributed by atoms with Crippen LogP contribution in [0.15, 0.2) is 34.8 Å². The van der Waals surface area contributed by atoms with E-state index in [1.54, 1.807) is 25.1 Å². The minimum atomic E-state index is -0.633. The predicted molar refractivity (Wildman–Crippen MR) is 93.0 cm³/mol. The molecule has 0 unspecified atom stereocenters. The first-order chi connectivity index (χ1) is 11.3. The van der Waals surface area contributed by atoms with E-state index < -0.39 is 18.5 Å². The van der Waals surface area contributed by atoms with Gasteiger partial charge in [0.1, 0.15) is 11.5 Å². The van der Waals surface area contributed by atoms with Gasteiger partial charge in [0, 0.05) is 6.08 Å². The Hall–Kier alpha value is -2.53. The van der Waals surface area contributed by atoms with Crippen LogP contribution in [0.4, 0.5) is 5.69 Å². The highest BCUT2D eigenvalue weighted by Gasteiger charge is 2.11. The molecule has 1 aromatic heterocycles. The largest absolute Gasteiger partial charge is 0.462 e. The number of carbonyl (C=O) groups is 2. The van der Waals surface area contributed by atoms with Gasteiger partial charge in [-0.1, -0.05) is 17.7 Å². The molecule has 0 aliphatic heterocycles. The predicted octanol–water partition coefficient (Wildman–Crippen LogP) is 4.05. The van der Waals surface area contributed by atoms with Gasteiger partial charge in [0.05, 0.1) is 10.7 Å². The average molecular weight is 348 g/mol. The Kier molecular flexibility index (Phi) is 5.82. The molecule has 24 heavy (non-hydrogen) atoms. The summed E-state index contributed by atoms with van der Waals surface area (Å²) in [5.74, 6) is 0.189. The summed E-state index contributed by atoms with van der Waals surface area (Å²) in [5.41, 5.74) is 2.36. The summed E-state index contributed by atoms with van der Waals surface area (Å²) < 4.78 is 10.2. The van der Waals surface area contributed by atoms with Crippen LogP contribution >= 0.6 is 11.6 Å². The number of rotatable bonds is 5. The Morgan fingerprint density at radius 3 is 2.62 bits per heavy atom. The van der Waals surface area contributed by atoms with Gasteiger partial charge in [-0.05, 0) is 56.2 Å². The normalized spacial score (nSPS) is 10.8. The van der Waals surface area contributed by atoms with Gasteiger partial charge in [-0.25, -0.2) is 4.79 Å². The topological polar surface area (TPSA) is 68.5 Å². The number of hydrogen-bond acceptors (Lipinski definition) is 4. The van der Waals surface area contributed by atoms with Gasteiger partial charge in [-0.3, -0.25) is 4.79 Å². The van der Waals surface area contributed by atoms with Crippen LogP contribution in [-0.2, 0) is 14.3 Å². The molecular weight excluding hydrogens is 330 g/mol. The van der Waals surface area contributed by atoms with Crippen LogP contribution in [0.25, 0.3) is 6.08 Å². The van der Waals surface area contributed by atoms with Gasteiger partial charge < -0.3 is 14.5 Å². The number of nitrogens with one attached hydrogen (secondary N) is 1. The molecule has 0 radical (unpaired) electrons. The zero-order valence-corrected chi connectivity index (χ0v) is 14.4. The molecule has 126 valence electrons. The minimum Gasteiger partial charge on any atom is -0.462 e. The molecule has 0 atom stereocenters. The van der Waals surface area contributed by atoms with E-state index in [1.807, 2.05) is 19.9 Å². The second-order valence-electron chi connectivity index (χ2n) is 5.38. The van der Waals surface area contributed by atoms with E-state index in [9.17, 15) is 9.59 Å². The molecule has 0 aliphatic rings. The number of benzene rings is 1. The fourth-order valence-corrected chi connectivity index (χ4v) is 2.50. The van der Waals surface area contributed by atoms with Crippen molar-refractivity contribution in [3.05, 3.63) is 58.0 Å². The molecule has 0 fully saturated rings. The molecule has 0 saturated heterocycles. The van der Waals surface area contributed by atoms with Gasteiger partial charge >= 0.3 is 5.97 Å². The lowest BCUT2D eigenvalue weighted by atomic mass is 10.1. The zero-order valence-electron chi connectivity index (χ0n) is 13.7. The van der Waals surface area contributed by atoms with Crippen LogP contribution in [0.3, 0.4) is 0 Å². The van der Waals surface area contributed by atoms with E-state index in [-0.39, 0.29) is 0 Å². The summed E-state index contributed by atoms with van der Waals surface area (Å²) in [6.07, 6.45) is 2.68. The van der Waals surface area contributed by atoms with Crippen LogP contribution in [0.5, 0.6) is 0 Å². The number of aryl methyl sites for hydroxylation is 3. The molecule has 0 bridgehead atoms. The van der Waals surface area contributed by atoms with Crippen molar-refractivity contribution < 1.29 is 18.7 Å². The Labute approximate surface area is 145 Å². The van der Waals surface area contributed by atoms with Crippen LogP contribution in [0.2, 0.25) is 5.02 Å². The fraction of sp³-hybridized carbons (Fsp3) is 0.222. The smallest absolute Gasteiger partial charge is 0.331 e. The Balaban J connectivity index is 1.87. The fourth-order valence-electron chi connectivity index (χ4n) is 2.13. The Bertz CT molecular complexity index is 769. The van der Waals surface area contributed by atoms with E-state index in [4.69, 9.17) is 20.8 Å². The van der Waals surface area contributed by atoms with Crippen LogP contribution in [-0.4, -0.2) is 18.5 Å². The maximum Gasteiger partial charge on any atom is 0.331 e. The summed E-state index contributed by atoms with van der Waals surface area (Å²) in [6.45, 7) is 5.16. The first kappa shape index (κ1) is 17.8. The number of hydrogen-bond donors (Lipinski definition) is 1.